The van der Waals surface area contributed by atoms with Crippen LogP contribution in [0.3, 0.4) is 0 Å². The smallest absolute Gasteiger partial charge is 0.187 e. The number of rotatable bonds is 4. The summed E-state index contributed by atoms with van der Waals surface area (Å²) in [6.07, 6.45) is 3.20. The van der Waals surface area contributed by atoms with E-state index in [2.05, 4.69) is 0 Å². The van der Waals surface area contributed by atoms with E-state index in [0.717, 1.165) is 0 Å². The van der Waals surface area contributed by atoms with Crippen LogP contribution in [-0.4, -0.2) is 30.6 Å². The van der Waals surface area contributed by atoms with Crippen LogP contribution in [0.15, 0.2) is 36.5 Å². The van der Waals surface area contributed by atoms with Gasteiger partial charge in [0.25, 0.3) is 0 Å². The van der Waals surface area contributed by atoms with Crippen LogP contribution in [0.25, 0.3) is 0 Å². The molecule has 0 aliphatic rings. The third kappa shape index (κ3) is 3.35. The topological polar surface area (TPSA) is 37.4 Å². The molecule has 0 fully saturated rings. The van der Waals surface area contributed by atoms with Crippen LogP contribution in [-0.2, 0) is 0 Å². The number of hydrogen-bond donors (Lipinski definition) is 0. The van der Waals surface area contributed by atoms with Gasteiger partial charge in [-0.25, -0.2) is 0 Å². The molecule has 0 saturated heterocycles. The summed E-state index contributed by atoms with van der Waals surface area (Å²) in [7, 11) is 3.70. The van der Waals surface area contributed by atoms with Crippen LogP contribution < -0.4 is 0 Å². The second kappa shape index (κ2) is 5.26. The number of ketones is 2. The Labute approximate surface area is 95.4 Å². The molecule has 0 amide bonds. The average Bonchev–Trinajstić information content (AvgIpc) is 2.26. The van der Waals surface area contributed by atoms with Crippen molar-refractivity contribution in [2.45, 2.75) is 6.92 Å². The van der Waals surface area contributed by atoms with E-state index in [1.807, 2.05) is 14.1 Å². The van der Waals surface area contributed by atoms with E-state index in [-0.39, 0.29) is 11.6 Å². The van der Waals surface area contributed by atoms with Gasteiger partial charge in [-0.1, -0.05) is 24.3 Å². The van der Waals surface area contributed by atoms with Gasteiger partial charge in [0.15, 0.2) is 11.6 Å². The predicted molar refractivity (Wildman–Crippen MR) is 63.6 cm³/mol. The minimum Gasteiger partial charge on any atom is -0.383 e. The largest absolute Gasteiger partial charge is 0.383 e. The Hall–Kier alpha value is -1.90. The molecular formula is C13H15NO2. The number of Topliss-reactive ketones (excluding diaryl/α,β-unsaturated/α-hetero) is 1. The van der Waals surface area contributed by atoms with Crippen molar-refractivity contribution in [3.05, 3.63) is 47.7 Å². The van der Waals surface area contributed by atoms with E-state index < -0.39 is 0 Å². The number of allylic oxidation sites excluding steroid dienone is 1. The summed E-state index contributed by atoms with van der Waals surface area (Å²) in [6, 6.07) is 6.66. The predicted octanol–water partition coefficient (Wildman–Crippen LogP) is 2.15. The zero-order valence-electron chi connectivity index (χ0n) is 9.73. The molecule has 0 unspecified atom stereocenters. The van der Waals surface area contributed by atoms with Crippen molar-refractivity contribution in [2.75, 3.05) is 14.1 Å². The first-order valence-electron chi connectivity index (χ1n) is 5.00. The molecule has 0 aliphatic heterocycles. The molecule has 84 valence electrons. The third-order valence-electron chi connectivity index (χ3n) is 2.10. The summed E-state index contributed by atoms with van der Waals surface area (Å²) in [5.74, 6) is -0.0633. The zero-order valence-corrected chi connectivity index (χ0v) is 9.73. The maximum absolute atomic E-state index is 11.6. The maximum atomic E-state index is 11.6. The lowest BCUT2D eigenvalue weighted by atomic mass is 10.1. The fraction of sp³-hybridized carbons (Fsp3) is 0.231. The van der Waals surface area contributed by atoms with Crippen molar-refractivity contribution in [3.63, 3.8) is 0 Å². The Balaban J connectivity index is 2.82. The quantitative estimate of drug-likeness (QED) is 0.573. The molecule has 1 aromatic rings. The van der Waals surface area contributed by atoms with Crippen LogP contribution in [0.4, 0.5) is 0 Å². The van der Waals surface area contributed by atoms with E-state index in [1.165, 1.54) is 13.0 Å². The Kier molecular flexibility index (Phi) is 4.00. The summed E-state index contributed by atoms with van der Waals surface area (Å²) < 4.78 is 0. The molecule has 0 aliphatic carbocycles. The van der Waals surface area contributed by atoms with Crippen molar-refractivity contribution in [1.29, 1.82) is 0 Å². The number of hydrogen-bond acceptors (Lipinski definition) is 3. The maximum Gasteiger partial charge on any atom is 0.187 e. The second-order valence-electron chi connectivity index (χ2n) is 3.78. The second-order valence-corrected chi connectivity index (χ2v) is 3.78. The molecule has 16 heavy (non-hydrogen) atoms. The number of benzene rings is 1. The van der Waals surface area contributed by atoms with Gasteiger partial charge in [0.2, 0.25) is 0 Å². The lowest BCUT2D eigenvalue weighted by Gasteiger charge is -2.03. The molecule has 1 rings (SSSR count). The number of carbonyl (C=O) groups excluding carboxylic acids is 2. The summed E-state index contributed by atoms with van der Waals surface area (Å²) in [6.45, 7) is 1.50. The van der Waals surface area contributed by atoms with Crippen molar-refractivity contribution in [1.82, 2.24) is 4.90 Å². The van der Waals surface area contributed by atoms with Crippen molar-refractivity contribution in [3.8, 4) is 0 Å². The van der Waals surface area contributed by atoms with Crippen molar-refractivity contribution in [2.24, 2.45) is 0 Å². The molecule has 0 atom stereocenters. The fourth-order valence-corrected chi connectivity index (χ4v) is 1.18. The highest BCUT2D eigenvalue weighted by Gasteiger charge is 2.03. The molecule has 0 N–H and O–H groups in total. The van der Waals surface area contributed by atoms with Crippen LogP contribution in [0.1, 0.15) is 27.6 Å². The molecule has 0 bridgehead atoms. The van der Waals surface area contributed by atoms with E-state index >= 15 is 0 Å². The van der Waals surface area contributed by atoms with Gasteiger partial charge in [0.1, 0.15) is 0 Å². The molecule has 3 nitrogen and oxygen atoms in total. The van der Waals surface area contributed by atoms with Crippen LogP contribution in [0.2, 0.25) is 0 Å². The summed E-state index contributed by atoms with van der Waals surface area (Å²) >= 11 is 0. The van der Waals surface area contributed by atoms with Gasteiger partial charge in [-0.15, -0.1) is 0 Å². The SMILES string of the molecule is CC(=O)c1ccc(C(=O)/C=C/N(C)C)cc1. The lowest BCUT2D eigenvalue weighted by molar-refractivity contribution is 0.101. The van der Waals surface area contributed by atoms with Gasteiger partial charge in [-0.3, -0.25) is 9.59 Å². The Bertz CT molecular complexity index is 416. The Morgan fingerprint density at radius 2 is 1.56 bits per heavy atom. The van der Waals surface area contributed by atoms with Crippen LogP contribution in [0.5, 0.6) is 0 Å². The van der Waals surface area contributed by atoms with Gasteiger partial charge in [0.05, 0.1) is 0 Å². The molecule has 0 saturated carbocycles. The van der Waals surface area contributed by atoms with Crippen LogP contribution in [0, 0.1) is 0 Å². The van der Waals surface area contributed by atoms with E-state index in [9.17, 15) is 9.59 Å². The number of carbonyl (C=O) groups is 2. The highest BCUT2D eigenvalue weighted by Crippen LogP contribution is 2.06. The molecule has 0 aromatic heterocycles. The summed E-state index contributed by atoms with van der Waals surface area (Å²) in [5, 5.41) is 0. The van der Waals surface area contributed by atoms with Gasteiger partial charge in [-0.2, -0.15) is 0 Å². The molecular weight excluding hydrogens is 202 g/mol. The van der Waals surface area contributed by atoms with E-state index in [0.29, 0.717) is 11.1 Å². The zero-order chi connectivity index (χ0) is 12.1. The van der Waals surface area contributed by atoms with Crippen LogP contribution >= 0.6 is 0 Å². The fourth-order valence-electron chi connectivity index (χ4n) is 1.18. The molecule has 3 heteroatoms. The third-order valence-corrected chi connectivity index (χ3v) is 2.10. The average molecular weight is 217 g/mol. The summed E-state index contributed by atoms with van der Waals surface area (Å²) in [4.78, 5) is 24.5. The molecule has 0 radical (unpaired) electrons. The highest BCUT2D eigenvalue weighted by atomic mass is 16.1. The van der Waals surface area contributed by atoms with Gasteiger partial charge in [0, 0.05) is 37.5 Å². The highest BCUT2D eigenvalue weighted by molar-refractivity contribution is 6.05. The van der Waals surface area contributed by atoms with Crippen molar-refractivity contribution >= 4 is 11.6 Å². The Morgan fingerprint density at radius 3 is 2.00 bits per heavy atom. The van der Waals surface area contributed by atoms with Crippen molar-refractivity contribution < 1.29 is 9.59 Å². The molecule has 1 aromatic carbocycles. The molecule has 0 spiro atoms. The standard InChI is InChI=1S/C13H15NO2/c1-10(15)11-4-6-12(7-5-11)13(16)8-9-14(2)3/h4-9H,1-3H3/b9-8+. The van der Waals surface area contributed by atoms with Gasteiger partial charge in [-0.05, 0) is 6.92 Å². The summed E-state index contributed by atoms with van der Waals surface area (Å²) in [5.41, 5.74) is 1.20. The monoisotopic (exact) mass is 217 g/mol. The minimum absolute atomic E-state index is 0.00262. The Morgan fingerprint density at radius 1 is 1.06 bits per heavy atom. The van der Waals surface area contributed by atoms with Gasteiger partial charge < -0.3 is 4.90 Å². The minimum atomic E-state index is -0.0659. The van der Waals surface area contributed by atoms with E-state index in [1.54, 1.807) is 35.4 Å². The normalized spacial score (nSPS) is 10.4. The number of nitrogens with zero attached hydrogens (tertiary/aromatic N) is 1. The first kappa shape index (κ1) is 12.2. The first-order chi connectivity index (χ1) is 7.50. The molecule has 0 heterocycles. The first-order valence-corrected chi connectivity index (χ1v) is 5.00. The van der Waals surface area contributed by atoms with E-state index in [4.69, 9.17) is 0 Å². The van der Waals surface area contributed by atoms with Gasteiger partial charge >= 0.3 is 0 Å². The lowest BCUT2D eigenvalue weighted by Crippen LogP contribution is -2.03.